The third-order valence-electron chi connectivity index (χ3n) is 5.53. The summed E-state index contributed by atoms with van der Waals surface area (Å²) in [6, 6.07) is 0. The lowest BCUT2D eigenvalue weighted by molar-refractivity contribution is 0.145. The zero-order chi connectivity index (χ0) is 19.6. The van der Waals surface area contributed by atoms with Gasteiger partial charge >= 0.3 is 0 Å². The molecule has 2 rings (SSSR count). The molecule has 0 saturated heterocycles. The number of ether oxygens (including phenoxy) is 1. The predicted octanol–water partition coefficient (Wildman–Crippen LogP) is 2.75. The molecule has 27 heavy (non-hydrogen) atoms. The molecule has 0 radical (unpaired) electrons. The lowest BCUT2D eigenvalue weighted by Gasteiger charge is -2.31. The van der Waals surface area contributed by atoms with Crippen molar-refractivity contribution in [2.45, 2.75) is 59.4 Å². The minimum Gasteiger partial charge on any atom is -0.382 e. The van der Waals surface area contributed by atoms with E-state index < -0.39 is 0 Å². The first kappa shape index (κ1) is 21.7. The molecule has 0 atom stereocenters. The molecule has 0 aromatic carbocycles. The topological polar surface area (TPSA) is 67.6 Å². The average molecular weight is 379 g/mol. The highest BCUT2D eigenvalue weighted by molar-refractivity contribution is 5.79. The molecular weight excluding hydrogens is 340 g/mol. The van der Waals surface area contributed by atoms with Gasteiger partial charge in [0.05, 0.1) is 0 Å². The van der Waals surface area contributed by atoms with Crippen LogP contribution in [0, 0.1) is 18.8 Å². The maximum absolute atomic E-state index is 5.44. The Morgan fingerprint density at radius 3 is 2.67 bits per heavy atom. The summed E-state index contributed by atoms with van der Waals surface area (Å²) >= 11 is 0. The number of aromatic nitrogens is 3. The highest BCUT2D eigenvalue weighted by Gasteiger charge is 2.20. The minimum absolute atomic E-state index is 0.539. The van der Waals surface area contributed by atoms with E-state index in [1.54, 1.807) is 0 Å². The Kier molecular flexibility index (Phi) is 9.04. The summed E-state index contributed by atoms with van der Waals surface area (Å²) in [7, 11) is 4.14. The molecule has 1 aliphatic rings. The number of aryl methyl sites for hydroxylation is 1. The van der Waals surface area contributed by atoms with Gasteiger partial charge in [-0.1, -0.05) is 19.8 Å². The van der Waals surface area contributed by atoms with Gasteiger partial charge in [0.25, 0.3) is 0 Å². The summed E-state index contributed by atoms with van der Waals surface area (Å²) < 4.78 is 7.44. The molecule has 1 heterocycles. The molecule has 1 fully saturated rings. The third-order valence-corrected chi connectivity index (χ3v) is 5.53. The fourth-order valence-electron chi connectivity index (χ4n) is 3.55. The van der Waals surface area contributed by atoms with Crippen LogP contribution in [0.5, 0.6) is 0 Å². The Morgan fingerprint density at radius 2 is 2.04 bits per heavy atom. The maximum Gasteiger partial charge on any atom is 0.194 e. The van der Waals surface area contributed by atoms with Crippen molar-refractivity contribution in [2.75, 3.05) is 33.4 Å². The number of hydrogen-bond acceptors (Lipinski definition) is 4. The van der Waals surface area contributed by atoms with E-state index in [0.29, 0.717) is 6.54 Å². The first-order chi connectivity index (χ1) is 13.0. The van der Waals surface area contributed by atoms with E-state index in [-0.39, 0.29) is 0 Å². The van der Waals surface area contributed by atoms with E-state index in [1.165, 1.54) is 25.7 Å². The molecule has 0 spiro atoms. The third kappa shape index (κ3) is 7.13. The Hall–Kier alpha value is -1.63. The molecule has 0 bridgehead atoms. The van der Waals surface area contributed by atoms with Crippen LogP contribution in [0.15, 0.2) is 4.99 Å². The van der Waals surface area contributed by atoms with E-state index in [9.17, 15) is 0 Å². The molecule has 0 unspecified atom stereocenters. The van der Waals surface area contributed by atoms with E-state index in [1.807, 2.05) is 25.5 Å². The summed E-state index contributed by atoms with van der Waals surface area (Å²) in [5, 5.41) is 11.9. The first-order valence-corrected chi connectivity index (χ1v) is 10.4. The maximum atomic E-state index is 5.44. The normalized spacial score (nSPS) is 20.7. The predicted molar refractivity (Wildman–Crippen MR) is 110 cm³/mol. The van der Waals surface area contributed by atoms with Gasteiger partial charge in [-0.25, -0.2) is 4.99 Å². The molecule has 0 aliphatic heterocycles. The molecule has 1 aromatic rings. The molecule has 154 valence electrons. The van der Waals surface area contributed by atoms with Gasteiger partial charge in [0.2, 0.25) is 0 Å². The number of aliphatic imine (C=N–C) groups is 1. The second kappa shape index (κ2) is 11.3. The van der Waals surface area contributed by atoms with Crippen LogP contribution in [-0.2, 0) is 18.3 Å². The van der Waals surface area contributed by atoms with Crippen LogP contribution in [0.25, 0.3) is 0 Å². The number of rotatable bonds is 9. The first-order valence-electron chi connectivity index (χ1n) is 10.4. The van der Waals surface area contributed by atoms with Crippen LogP contribution in [-0.4, -0.2) is 59.0 Å². The van der Waals surface area contributed by atoms with Crippen LogP contribution in [0.1, 0.15) is 57.6 Å². The Morgan fingerprint density at radius 1 is 1.30 bits per heavy atom. The fourth-order valence-corrected chi connectivity index (χ4v) is 3.55. The van der Waals surface area contributed by atoms with Crippen molar-refractivity contribution in [2.24, 2.45) is 23.9 Å². The zero-order valence-electron chi connectivity index (χ0n) is 17.9. The standard InChI is InChI=1S/C20H38N6O/c1-6-27-13-7-12-21-20(22-14-19-24-23-17(3)26(19)5)25(4)15-18-10-8-16(2)9-11-18/h16,18H,6-15H2,1-5H3,(H,21,22). The van der Waals surface area contributed by atoms with Crippen LogP contribution in [0.3, 0.4) is 0 Å². The van der Waals surface area contributed by atoms with Crippen LogP contribution in [0.2, 0.25) is 0 Å². The highest BCUT2D eigenvalue weighted by Crippen LogP contribution is 2.28. The molecule has 7 nitrogen and oxygen atoms in total. The number of nitrogens with one attached hydrogen (secondary N) is 1. The van der Waals surface area contributed by atoms with Crippen molar-refractivity contribution < 1.29 is 4.74 Å². The minimum atomic E-state index is 0.539. The quantitative estimate of drug-likeness (QED) is 0.407. The number of hydrogen-bond donors (Lipinski definition) is 1. The van der Waals surface area contributed by atoms with Gasteiger partial charge in [0, 0.05) is 40.4 Å². The number of guanidine groups is 1. The summed E-state index contributed by atoms with van der Waals surface area (Å²) in [6.07, 6.45) is 6.33. The summed E-state index contributed by atoms with van der Waals surface area (Å²) in [4.78, 5) is 7.12. The van der Waals surface area contributed by atoms with Gasteiger partial charge in [0.15, 0.2) is 11.8 Å². The Labute approximate surface area is 164 Å². The SMILES string of the molecule is CCOCCCNC(=NCc1nnc(C)n1C)N(C)CC1CCC(C)CC1. The van der Waals surface area contributed by atoms with Gasteiger partial charge in [-0.2, -0.15) is 0 Å². The molecular formula is C20H38N6O. The van der Waals surface area contributed by atoms with Gasteiger partial charge in [0.1, 0.15) is 12.4 Å². The fraction of sp³-hybridized carbons (Fsp3) is 0.850. The molecule has 1 N–H and O–H groups in total. The number of nitrogens with zero attached hydrogens (tertiary/aromatic N) is 5. The van der Waals surface area contributed by atoms with E-state index in [4.69, 9.17) is 9.73 Å². The monoisotopic (exact) mass is 378 g/mol. The largest absolute Gasteiger partial charge is 0.382 e. The van der Waals surface area contributed by atoms with Crippen molar-refractivity contribution in [3.05, 3.63) is 11.6 Å². The van der Waals surface area contributed by atoms with Crippen molar-refractivity contribution in [3.8, 4) is 0 Å². The molecule has 0 amide bonds. The summed E-state index contributed by atoms with van der Waals surface area (Å²) in [5.41, 5.74) is 0. The van der Waals surface area contributed by atoms with Crippen LogP contribution >= 0.6 is 0 Å². The lowest BCUT2D eigenvalue weighted by Crippen LogP contribution is -2.42. The smallest absolute Gasteiger partial charge is 0.194 e. The summed E-state index contributed by atoms with van der Waals surface area (Å²) in [5.74, 6) is 4.40. The van der Waals surface area contributed by atoms with Gasteiger partial charge in [-0.3, -0.25) is 0 Å². The van der Waals surface area contributed by atoms with E-state index in [0.717, 1.165) is 62.2 Å². The second-order valence-electron chi connectivity index (χ2n) is 7.85. The van der Waals surface area contributed by atoms with Crippen molar-refractivity contribution >= 4 is 5.96 Å². The van der Waals surface area contributed by atoms with Crippen molar-refractivity contribution in [1.29, 1.82) is 0 Å². The molecule has 7 heteroatoms. The Bertz CT molecular complexity index is 577. The van der Waals surface area contributed by atoms with Crippen LogP contribution < -0.4 is 5.32 Å². The molecule has 1 saturated carbocycles. The highest BCUT2D eigenvalue weighted by atomic mass is 16.5. The second-order valence-corrected chi connectivity index (χ2v) is 7.85. The van der Waals surface area contributed by atoms with E-state index in [2.05, 4.69) is 34.4 Å². The van der Waals surface area contributed by atoms with Gasteiger partial charge < -0.3 is 19.5 Å². The summed E-state index contributed by atoms with van der Waals surface area (Å²) in [6.45, 7) is 10.4. The lowest BCUT2D eigenvalue weighted by atomic mass is 9.83. The van der Waals surface area contributed by atoms with Gasteiger partial charge in [-0.05, 0) is 44.9 Å². The van der Waals surface area contributed by atoms with Crippen molar-refractivity contribution in [3.63, 3.8) is 0 Å². The van der Waals surface area contributed by atoms with Crippen LogP contribution in [0.4, 0.5) is 0 Å². The molecule has 1 aromatic heterocycles. The molecule has 1 aliphatic carbocycles. The van der Waals surface area contributed by atoms with E-state index >= 15 is 0 Å². The van der Waals surface area contributed by atoms with Gasteiger partial charge in [-0.15, -0.1) is 10.2 Å². The van der Waals surface area contributed by atoms with Crippen molar-refractivity contribution in [1.82, 2.24) is 25.0 Å². The zero-order valence-corrected chi connectivity index (χ0v) is 17.9. The Balaban J connectivity index is 1.94. The average Bonchev–Trinajstić information content (AvgIpc) is 2.97.